The minimum absolute atomic E-state index is 0. The highest BCUT2D eigenvalue weighted by Crippen LogP contribution is 2.48. The van der Waals surface area contributed by atoms with Gasteiger partial charge in [0.2, 0.25) is 5.91 Å². The van der Waals surface area contributed by atoms with E-state index in [4.69, 9.17) is 26.8 Å². The second-order valence-electron chi connectivity index (χ2n) is 6.40. The van der Waals surface area contributed by atoms with Crippen molar-refractivity contribution < 1.29 is 14.3 Å². The van der Waals surface area contributed by atoms with Crippen LogP contribution >= 0.6 is 24.0 Å². The summed E-state index contributed by atoms with van der Waals surface area (Å²) in [5, 5.41) is 3.38. The topological polar surface area (TPSA) is 73.6 Å². The molecule has 0 aromatic heterocycles. The van der Waals surface area contributed by atoms with Crippen molar-refractivity contribution in [2.24, 2.45) is 23.5 Å². The first kappa shape index (κ1) is 16.7. The van der Waals surface area contributed by atoms with Crippen LogP contribution < -0.4 is 20.5 Å². The second kappa shape index (κ2) is 6.38. The summed E-state index contributed by atoms with van der Waals surface area (Å²) in [6, 6.07) is 3.38. The highest BCUT2D eigenvalue weighted by atomic mass is 35.5. The Morgan fingerprint density at radius 3 is 2.48 bits per heavy atom. The smallest absolute Gasteiger partial charge is 0.229 e. The molecule has 1 aromatic carbocycles. The van der Waals surface area contributed by atoms with Gasteiger partial charge in [-0.25, -0.2) is 0 Å². The Labute approximate surface area is 146 Å². The molecule has 2 fully saturated rings. The van der Waals surface area contributed by atoms with E-state index in [0.717, 1.165) is 19.3 Å². The third-order valence-electron chi connectivity index (χ3n) is 5.17. The van der Waals surface area contributed by atoms with Crippen LogP contribution in [0.3, 0.4) is 0 Å². The number of rotatable bonds is 2. The lowest BCUT2D eigenvalue weighted by molar-refractivity contribution is -0.121. The molecule has 3 aliphatic rings. The number of hydrogen-bond donors (Lipinski definition) is 2. The summed E-state index contributed by atoms with van der Waals surface area (Å²) in [6.45, 7) is 1.01. The summed E-state index contributed by atoms with van der Waals surface area (Å²) >= 11 is 6.25. The monoisotopic (exact) mass is 358 g/mol. The number of benzene rings is 1. The van der Waals surface area contributed by atoms with Gasteiger partial charge in [0.1, 0.15) is 13.2 Å². The standard InChI is InChI=1S/C16H19ClN2O3.ClH/c17-10-6-12-13(22-4-3-21-12)7-11(10)19-16(20)14-8-1-2-9(5-8)15(14)18;/h6-9,14-15H,1-5,18H2,(H,19,20);1H. The van der Waals surface area contributed by atoms with Gasteiger partial charge in [-0.3, -0.25) is 4.79 Å². The van der Waals surface area contributed by atoms with Crippen LogP contribution in [0, 0.1) is 17.8 Å². The fourth-order valence-corrected chi connectivity index (χ4v) is 4.30. The normalized spacial score (nSPS) is 30.7. The second-order valence-corrected chi connectivity index (χ2v) is 6.81. The summed E-state index contributed by atoms with van der Waals surface area (Å²) in [7, 11) is 0. The number of nitrogens with one attached hydrogen (secondary N) is 1. The number of halogens is 2. The maximum Gasteiger partial charge on any atom is 0.229 e. The Bertz CT molecular complexity index is 624. The van der Waals surface area contributed by atoms with E-state index in [-0.39, 0.29) is 30.3 Å². The van der Waals surface area contributed by atoms with E-state index < -0.39 is 0 Å². The lowest BCUT2D eigenvalue weighted by Gasteiger charge is -2.27. The van der Waals surface area contributed by atoms with E-state index >= 15 is 0 Å². The maximum absolute atomic E-state index is 12.6. The molecule has 4 unspecified atom stereocenters. The summed E-state index contributed by atoms with van der Waals surface area (Å²) in [5.74, 6) is 2.00. The predicted octanol–water partition coefficient (Wildman–Crippen LogP) is 2.84. The Morgan fingerprint density at radius 1 is 1.17 bits per heavy atom. The van der Waals surface area contributed by atoms with Crippen LogP contribution in [0.4, 0.5) is 5.69 Å². The SMILES string of the molecule is Cl.NC1C2CCC(C2)C1C(=O)Nc1cc2c(cc1Cl)OCCO2. The molecule has 0 radical (unpaired) electrons. The van der Waals surface area contributed by atoms with Gasteiger partial charge in [-0.05, 0) is 31.1 Å². The largest absolute Gasteiger partial charge is 0.486 e. The molecule has 1 amide bonds. The summed E-state index contributed by atoms with van der Waals surface area (Å²) in [6.07, 6.45) is 3.33. The Morgan fingerprint density at radius 2 is 1.83 bits per heavy atom. The highest BCUT2D eigenvalue weighted by Gasteiger charge is 2.49. The molecule has 4 atom stereocenters. The fraction of sp³-hybridized carbons (Fsp3) is 0.562. The molecule has 3 N–H and O–H groups in total. The molecule has 2 saturated carbocycles. The van der Waals surface area contributed by atoms with E-state index in [2.05, 4.69) is 5.32 Å². The molecule has 5 nitrogen and oxygen atoms in total. The fourth-order valence-electron chi connectivity index (χ4n) is 4.10. The van der Waals surface area contributed by atoms with E-state index in [1.54, 1.807) is 12.1 Å². The summed E-state index contributed by atoms with van der Waals surface area (Å²) in [4.78, 5) is 12.6. The summed E-state index contributed by atoms with van der Waals surface area (Å²) in [5.41, 5.74) is 6.79. The lowest BCUT2D eigenvalue weighted by atomic mass is 9.84. The van der Waals surface area contributed by atoms with Crippen molar-refractivity contribution in [3.63, 3.8) is 0 Å². The molecule has 0 saturated heterocycles. The van der Waals surface area contributed by atoms with Crippen molar-refractivity contribution in [3.8, 4) is 11.5 Å². The number of carbonyl (C=O) groups is 1. The van der Waals surface area contributed by atoms with Gasteiger partial charge in [-0.1, -0.05) is 11.6 Å². The zero-order chi connectivity index (χ0) is 15.3. The molecule has 4 rings (SSSR count). The maximum atomic E-state index is 12.6. The zero-order valence-corrected chi connectivity index (χ0v) is 14.2. The van der Waals surface area contributed by atoms with Crippen molar-refractivity contribution in [1.82, 2.24) is 0 Å². The molecule has 1 aromatic rings. The number of carbonyl (C=O) groups excluding carboxylic acids is 1. The van der Waals surface area contributed by atoms with E-state index in [1.165, 1.54) is 0 Å². The highest BCUT2D eigenvalue weighted by molar-refractivity contribution is 6.34. The van der Waals surface area contributed by atoms with Crippen LogP contribution in [-0.2, 0) is 4.79 Å². The molecule has 1 aliphatic heterocycles. The minimum Gasteiger partial charge on any atom is -0.486 e. The van der Waals surface area contributed by atoms with Gasteiger partial charge in [0.25, 0.3) is 0 Å². The quantitative estimate of drug-likeness (QED) is 0.852. The molecule has 7 heteroatoms. The Kier molecular flexibility index (Phi) is 4.63. The first-order valence-electron chi connectivity index (χ1n) is 7.79. The van der Waals surface area contributed by atoms with Gasteiger partial charge in [-0.2, -0.15) is 0 Å². The number of fused-ring (bicyclic) bond motifs is 3. The first-order valence-corrected chi connectivity index (χ1v) is 8.17. The molecule has 1 heterocycles. The van der Waals surface area contributed by atoms with Gasteiger partial charge in [0.05, 0.1) is 16.6 Å². The van der Waals surface area contributed by atoms with E-state index in [0.29, 0.717) is 47.3 Å². The predicted molar refractivity (Wildman–Crippen MR) is 90.6 cm³/mol. The molecule has 2 bridgehead atoms. The zero-order valence-electron chi connectivity index (χ0n) is 12.6. The first-order chi connectivity index (χ1) is 10.6. The number of hydrogen-bond acceptors (Lipinski definition) is 4. The summed E-state index contributed by atoms with van der Waals surface area (Å²) < 4.78 is 11.0. The number of nitrogens with two attached hydrogens (primary N) is 1. The number of anilines is 1. The van der Waals surface area contributed by atoms with Gasteiger partial charge in [0, 0.05) is 18.2 Å². The van der Waals surface area contributed by atoms with Crippen LogP contribution in [0.25, 0.3) is 0 Å². The van der Waals surface area contributed by atoms with Crippen LogP contribution in [0.5, 0.6) is 11.5 Å². The average molecular weight is 359 g/mol. The molecule has 23 heavy (non-hydrogen) atoms. The minimum atomic E-state index is -0.108. The van der Waals surface area contributed by atoms with Crippen molar-refractivity contribution >= 4 is 35.6 Å². The lowest BCUT2D eigenvalue weighted by Crippen LogP contribution is -2.42. The van der Waals surface area contributed by atoms with Gasteiger partial charge < -0.3 is 20.5 Å². The van der Waals surface area contributed by atoms with Crippen molar-refractivity contribution in [2.75, 3.05) is 18.5 Å². The third-order valence-corrected chi connectivity index (χ3v) is 5.49. The van der Waals surface area contributed by atoms with Crippen molar-refractivity contribution in [1.29, 1.82) is 0 Å². The van der Waals surface area contributed by atoms with Crippen molar-refractivity contribution in [2.45, 2.75) is 25.3 Å². The molecule has 0 spiro atoms. The molecule has 2 aliphatic carbocycles. The van der Waals surface area contributed by atoms with Gasteiger partial charge >= 0.3 is 0 Å². The number of amides is 1. The third kappa shape index (κ3) is 2.86. The van der Waals surface area contributed by atoms with E-state index in [9.17, 15) is 4.79 Å². The Hall–Kier alpha value is -1.17. The molecular weight excluding hydrogens is 339 g/mol. The van der Waals surface area contributed by atoms with Crippen LogP contribution in [0.15, 0.2) is 12.1 Å². The van der Waals surface area contributed by atoms with Gasteiger partial charge in [-0.15, -0.1) is 12.4 Å². The Balaban J connectivity index is 0.00000156. The average Bonchev–Trinajstić information content (AvgIpc) is 3.08. The van der Waals surface area contributed by atoms with E-state index in [1.807, 2.05) is 0 Å². The molecular formula is C16H20Cl2N2O3. The number of ether oxygens (including phenoxy) is 2. The van der Waals surface area contributed by atoms with Crippen LogP contribution in [-0.4, -0.2) is 25.2 Å². The van der Waals surface area contributed by atoms with Crippen LogP contribution in [0.2, 0.25) is 5.02 Å². The van der Waals surface area contributed by atoms with Crippen LogP contribution in [0.1, 0.15) is 19.3 Å². The van der Waals surface area contributed by atoms with Gasteiger partial charge in [0.15, 0.2) is 11.5 Å². The molecule has 126 valence electrons. The van der Waals surface area contributed by atoms with Crippen molar-refractivity contribution in [3.05, 3.63) is 17.2 Å².